The van der Waals surface area contributed by atoms with Crippen LogP contribution >= 0.6 is 0 Å². The number of rotatable bonds is 1. The number of hydrogen-bond donors (Lipinski definition) is 2. The first-order chi connectivity index (χ1) is 12.2. The molecule has 1 unspecified atom stereocenters. The number of nitrogens with zero attached hydrogens (tertiary/aromatic N) is 1. The van der Waals surface area contributed by atoms with Crippen LogP contribution in [0.2, 0.25) is 0 Å². The quantitative estimate of drug-likeness (QED) is 0.802. The van der Waals surface area contributed by atoms with Crippen molar-refractivity contribution in [3.8, 4) is 0 Å². The van der Waals surface area contributed by atoms with Crippen LogP contribution in [0, 0.1) is 12.8 Å². The average Bonchev–Trinajstić information content (AvgIpc) is 2.85. The van der Waals surface area contributed by atoms with Crippen LogP contribution < -0.4 is 10.6 Å². The second-order valence-electron chi connectivity index (χ2n) is 7.42. The molecular weight excluding hydrogens is 306 g/mol. The minimum atomic E-state index is 0.763. The molecule has 0 bridgehead atoms. The van der Waals surface area contributed by atoms with Gasteiger partial charge in [-0.15, -0.1) is 0 Å². The van der Waals surface area contributed by atoms with Gasteiger partial charge in [0.15, 0.2) is 0 Å². The lowest BCUT2D eigenvalue weighted by atomic mass is 9.88. The summed E-state index contributed by atoms with van der Waals surface area (Å²) in [4.78, 5) is 4.30. The second-order valence-corrected chi connectivity index (χ2v) is 7.42. The van der Waals surface area contributed by atoms with Gasteiger partial charge in [-0.1, -0.05) is 37.3 Å². The molecule has 1 aromatic carbocycles. The van der Waals surface area contributed by atoms with Gasteiger partial charge in [0.25, 0.3) is 0 Å². The fourth-order valence-electron chi connectivity index (χ4n) is 3.75. The smallest absolute Gasteiger partial charge is 0.129 e. The fourth-order valence-corrected chi connectivity index (χ4v) is 3.75. The Morgan fingerprint density at radius 1 is 1.00 bits per heavy atom. The Bertz CT molecular complexity index is 635. The van der Waals surface area contributed by atoms with Gasteiger partial charge in [0.1, 0.15) is 5.82 Å². The Balaban J connectivity index is 0.000000146. The van der Waals surface area contributed by atoms with E-state index in [1.54, 1.807) is 5.56 Å². The molecule has 1 aromatic heterocycles. The molecule has 0 radical (unpaired) electrons. The molecule has 25 heavy (non-hydrogen) atoms. The van der Waals surface area contributed by atoms with Crippen molar-refractivity contribution in [1.82, 2.24) is 10.3 Å². The van der Waals surface area contributed by atoms with Gasteiger partial charge in [-0.05, 0) is 80.3 Å². The maximum Gasteiger partial charge on any atom is 0.129 e. The van der Waals surface area contributed by atoms with Crippen LogP contribution in [0.25, 0.3) is 0 Å². The van der Waals surface area contributed by atoms with Crippen molar-refractivity contribution in [3.63, 3.8) is 0 Å². The van der Waals surface area contributed by atoms with Crippen molar-refractivity contribution in [2.45, 2.75) is 45.4 Å². The summed E-state index contributed by atoms with van der Waals surface area (Å²) in [6, 6.07) is 13.0. The monoisotopic (exact) mass is 337 g/mol. The minimum absolute atomic E-state index is 0.763. The molecule has 1 saturated heterocycles. The van der Waals surface area contributed by atoms with E-state index < -0.39 is 0 Å². The Morgan fingerprint density at radius 3 is 2.60 bits per heavy atom. The lowest BCUT2D eigenvalue weighted by molar-refractivity contribution is 0.459. The van der Waals surface area contributed by atoms with E-state index in [2.05, 4.69) is 59.8 Å². The number of hydrogen-bond acceptors (Lipinski definition) is 3. The Labute approximate surface area is 152 Å². The third-order valence-corrected chi connectivity index (χ3v) is 5.38. The molecule has 4 rings (SSSR count). The predicted molar refractivity (Wildman–Crippen MR) is 106 cm³/mol. The summed E-state index contributed by atoms with van der Waals surface area (Å²) in [5.74, 6) is 2.64. The lowest BCUT2D eigenvalue weighted by Gasteiger charge is -2.24. The van der Waals surface area contributed by atoms with Gasteiger partial charge in [-0.3, -0.25) is 0 Å². The molecule has 0 spiro atoms. The van der Waals surface area contributed by atoms with Crippen molar-refractivity contribution in [1.29, 1.82) is 0 Å². The van der Waals surface area contributed by atoms with Gasteiger partial charge < -0.3 is 10.6 Å². The van der Waals surface area contributed by atoms with Gasteiger partial charge in [0.05, 0.1) is 0 Å². The van der Waals surface area contributed by atoms with Crippen LogP contribution in [0.4, 0.5) is 5.82 Å². The number of aryl methyl sites for hydroxylation is 2. The van der Waals surface area contributed by atoms with E-state index in [9.17, 15) is 0 Å². The first kappa shape index (κ1) is 17.9. The zero-order chi connectivity index (χ0) is 17.5. The van der Waals surface area contributed by atoms with Crippen LogP contribution in [0.15, 0.2) is 42.6 Å². The molecule has 2 N–H and O–H groups in total. The maximum atomic E-state index is 4.30. The van der Waals surface area contributed by atoms with Crippen LogP contribution in [0.3, 0.4) is 0 Å². The molecular formula is C22H31N3. The Kier molecular flexibility index (Phi) is 6.46. The molecule has 3 heterocycles. The first-order valence-electron chi connectivity index (χ1n) is 9.68. The second kappa shape index (κ2) is 9.00. The molecule has 1 fully saturated rings. The Morgan fingerprint density at radius 2 is 1.80 bits per heavy atom. The summed E-state index contributed by atoms with van der Waals surface area (Å²) < 4.78 is 0. The summed E-state index contributed by atoms with van der Waals surface area (Å²) >= 11 is 0. The summed E-state index contributed by atoms with van der Waals surface area (Å²) in [6.07, 6.45) is 6.88. The van der Waals surface area contributed by atoms with Crippen LogP contribution in [0.1, 0.15) is 48.8 Å². The number of aromatic nitrogens is 1. The Hall–Kier alpha value is -1.87. The standard InChI is InChI=1S/C12H17N.C10H14N2/c1-10-4-2-3-5-12(10)11-6-8-13-9-7-11;1-8-4-5-9-3-2-6-11-10(9)12-7-8/h2-5,11,13H,6-9H2,1H3;2-3,6,8H,4-5,7H2,1H3,(H,11,12). The van der Waals surface area contributed by atoms with Gasteiger partial charge in [0.2, 0.25) is 0 Å². The molecule has 1 atom stereocenters. The van der Waals surface area contributed by atoms with E-state index in [0.717, 1.165) is 30.6 Å². The predicted octanol–water partition coefficient (Wildman–Crippen LogP) is 4.54. The van der Waals surface area contributed by atoms with Gasteiger partial charge in [-0.25, -0.2) is 4.98 Å². The highest BCUT2D eigenvalue weighted by Gasteiger charge is 2.16. The van der Waals surface area contributed by atoms with Crippen LogP contribution in [0.5, 0.6) is 0 Å². The number of anilines is 1. The van der Waals surface area contributed by atoms with E-state index in [1.165, 1.54) is 43.5 Å². The lowest BCUT2D eigenvalue weighted by Crippen LogP contribution is -2.26. The first-order valence-corrected chi connectivity index (χ1v) is 9.68. The number of benzene rings is 1. The van der Waals surface area contributed by atoms with E-state index >= 15 is 0 Å². The fraction of sp³-hybridized carbons (Fsp3) is 0.500. The maximum absolute atomic E-state index is 4.30. The summed E-state index contributed by atoms with van der Waals surface area (Å²) in [5.41, 5.74) is 4.38. The third-order valence-electron chi connectivity index (χ3n) is 5.38. The number of nitrogens with one attached hydrogen (secondary N) is 2. The summed E-state index contributed by atoms with van der Waals surface area (Å²) in [5, 5.41) is 6.77. The molecule has 3 nitrogen and oxygen atoms in total. The van der Waals surface area contributed by atoms with Crippen LogP contribution in [-0.4, -0.2) is 24.6 Å². The van der Waals surface area contributed by atoms with Crippen molar-refractivity contribution in [2.24, 2.45) is 5.92 Å². The average molecular weight is 338 g/mol. The normalized spacial score (nSPS) is 20.5. The zero-order valence-electron chi connectivity index (χ0n) is 15.6. The molecule has 2 aromatic rings. The molecule has 2 aliphatic rings. The van der Waals surface area contributed by atoms with E-state index in [4.69, 9.17) is 0 Å². The third kappa shape index (κ3) is 5.05. The molecule has 0 amide bonds. The topological polar surface area (TPSA) is 37.0 Å². The largest absolute Gasteiger partial charge is 0.370 e. The van der Waals surface area contributed by atoms with Gasteiger partial charge >= 0.3 is 0 Å². The number of pyridine rings is 1. The van der Waals surface area contributed by atoms with E-state index in [0.29, 0.717) is 0 Å². The van der Waals surface area contributed by atoms with Crippen LogP contribution in [-0.2, 0) is 6.42 Å². The molecule has 134 valence electrons. The van der Waals surface area contributed by atoms with Crippen molar-refractivity contribution in [2.75, 3.05) is 25.0 Å². The van der Waals surface area contributed by atoms with Crippen molar-refractivity contribution < 1.29 is 0 Å². The molecule has 3 heteroatoms. The molecule has 0 saturated carbocycles. The zero-order valence-corrected chi connectivity index (χ0v) is 15.6. The minimum Gasteiger partial charge on any atom is -0.370 e. The SMILES string of the molecule is CC1CCc2cccnc2NC1.Cc1ccccc1C1CCNCC1. The highest BCUT2D eigenvalue weighted by Crippen LogP contribution is 2.27. The number of piperidine rings is 1. The highest BCUT2D eigenvalue weighted by molar-refractivity contribution is 5.44. The van der Waals surface area contributed by atoms with E-state index in [1.807, 2.05) is 12.3 Å². The highest BCUT2D eigenvalue weighted by atomic mass is 15.0. The molecule has 0 aliphatic carbocycles. The van der Waals surface area contributed by atoms with Gasteiger partial charge in [-0.2, -0.15) is 0 Å². The van der Waals surface area contributed by atoms with Crippen molar-refractivity contribution >= 4 is 5.82 Å². The van der Waals surface area contributed by atoms with Crippen molar-refractivity contribution in [3.05, 3.63) is 59.3 Å². The summed E-state index contributed by atoms with van der Waals surface area (Å²) in [7, 11) is 0. The van der Waals surface area contributed by atoms with Gasteiger partial charge in [0, 0.05) is 12.7 Å². The number of fused-ring (bicyclic) bond motifs is 1. The molecule has 2 aliphatic heterocycles. The van der Waals surface area contributed by atoms with E-state index in [-0.39, 0.29) is 0 Å². The summed E-state index contributed by atoms with van der Waals surface area (Å²) in [6.45, 7) is 7.91.